The Labute approximate surface area is 262 Å². The van der Waals surface area contributed by atoms with Gasteiger partial charge >= 0.3 is 0 Å². The van der Waals surface area contributed by atoms with Crippen molar-refractivity contribution in [2.75, 3.05) is 0 Å². The second-order valence-corrected chi connectivity index (χ2v) is 14.6. The van der Waals surface area contributed by atoms with Crippen LogP contribution < -0.4 is 4.74 Å². The van der Waals surface area contributed by atoms with Crippen LogP contribution in [0, 0.1) is 11.8 Å². The van der Waals surface area contributed by atoms with Crippen molar-refractivity contribution in [3.05, 3.63) is 58.7 Å². The SMILES string of the molecule is CCCCCC1CCC(c2ccc(Oc3ccc(C4CCC(CCCCC)CC4)cc3[C@@H]3O[C@H]3C)c([C@@H]3O[C@H]3C)c2)CC1. The van der Waals surface area contributed by atoms with Gasteiger partial charge in [0.25, 0.3) is 0 Å². The number of rotatable bonds is 14. The van der Waals surface area contributed by atoms with Gasteiger partial charge in [0.05, 0.1) is 12.2 Å². The maximum atomic E-state index is 6.81. The van der Waals surface area contributed by atoms with Crippen molar-refractivity contribution < 1.29 is 14.2 Å². The van der Waals surface area contributed by atoms with Crippen LogP contribution in [0.25, 0.3) is 0 Å². The van der Waals surface area contributed by atoms with E-state index in [1.165, 1.54) is 125 Å². The van der Waals surface area contributed by atoms with Crippen molar-refractivity contribution in [3.63, 3.8) is 0 Å². The average molecular weight is 587 g/mol. The van der Waals surface area contributed by atoms with E-state index < -0.39 is 0 Å². The van der Waals surface area contributed by atoms with Crippen LogP contribution in [0.15, 0.2) is 36.4 Å². The topological polar surface area (TPSA) is 34.3 Å². The van der Waals surface area contributed by atoms with Crippen LogP contribution in [0.3, 0.4) is 0 Å². The molecule has 2 aromatic rings. The van der Waals surface area contributed by atoms with Gasteiger partial charge in [-0.25, -0.2) is 0 Å². The quantitative estimate of drug-likeness (QED) is 0.163. The number of ether oxygens (including phenoxy) is 3. The molecule has 4 aliphatic rings. The zero-order chi connectivity index (χ0) is 29.8. The summed E-state index contributed by atoms with van der Waals surface area (Å²) in [6, 6.07) is 14.0. The fraction of sp³-hybridized carbons (Fsp3) is 0.700. The van der Waals surface area contributed by atoms with Gasteiger partial charge in [-0.05, 0) is 124 Å². The highest BCUT2D eigenvalue weighted by Crippen LogP contribution is 2.50. The summed E-state index contributed by atoms with van der Waals surface area (Å²) < 4.78 is 18.9. The molecule has 0 amide bonds. The molecule has 2 saturated carbocycles. The number of hydrogen-bond donors (Lipinski definition) is 0. The van der Waals surface area contributed by atoms with E-state index in [1.807, 2.05) is 0 Å². The predicted octanol–water partition coefficient (Wildman–Crippen LogP) is 12.1. The largest absolute Gasteiger partial charge is 0.457 e. The van der Waals surface area contributed by atoms with Crippen LogP contribution >= 0.6 is 0 Å². The minimum Gasteiger partial charge on any atom is -0.457 e. The summed E-state index contributed by atoms with van der Waals surface area (Å²) >= 11 is 0. The molecule has 0 bridgehead atoms. The summed E-state index contributed by atoms with van der Waals surface area (Å²) in [6.45, 7) is 8.98. The molecule has 0 spiro atoms. The molecule has 2 aromatic carbocycles. The van der Waals surface area contributed by atoms with Crippen LogP contribution in [-0.4, -0.2) is 12.2 Å². The molecule has 3 heteroatoms. The summed E-state index contributed by atoms with van der Waals surface area (Å²) in [5.74, 6) is 5.13. The van der Waals surface area contributed by atoms with Crippen molar-refractivity contribution in [2.24, 2.45) is 11.8 Å². The van der Waals surface area contributed by atoms with Gasteiger partial charge in [0.1, 0.15) is 23.7 Å². The highest BCUT2D eigenvalue weighted by atomic mass is 16.6. The monoisotopic (exact) mass is 586 g/mol. The smallest absolute Gasteiger partial charge is 0.133 e. The fourth-order valence-electron chi connectivity index (χ4n) is 8.35. The molecule has 4 atom stereocenters. The van der Waals surface area contributed by atoms with E-state index in [4.69, 9.17) is 14.2 Å². The van der Waals surface area contributed by atoms with Gasteiger partial charge in [0.15, 0.2) is 0 Å². The zero-order valence-electron chi connectivity index (χ0n) is 27.6. The van der Waals surface area contributed by atoms with Crippen LogP contribution in [0.2, 0.25) is 0 Å². The molecule has 2 heterocycles. The number of unbranched alkanes of at least 4 members (excludes halogenated alkanes) is 4. The third kappa shape index (κ3) is 7.88. The first kappa shape index (κ1) is 31.2. The Balaban J connectivity index is 1.14. The molecule has 0 radical (unpaired) electrons. The Bertz CT molecular complexity index is 1080. The lowest BCUT2D eigenvalue weighted by atomic mass is 9.76. The highest BCUT2D eigenvalue weighted by molar-refractivity contribution is 5.48. The fourth-order valence-corrected chi connectivity index (χ4v) is 8.35. The van der Waals surface area contributed by atoms with Crippen molar-refractivity contribution in [1.82, 2.24) is 0 Å². The van der Waals surface area contributed by atoms with E-state index in [0.717, 1.165) is 23.3 Å². The molecule has 3 nitrogen and oxygen atoms in total. The Hall–Kier alpha value is -1.84. The normalized spacial score (nSPS) is 32.0. The minimum absolute atomic E-state index is 0.145. The number of epoxide rings is 2. The lowest BCUT2D eigenvalue weighted by Crippen LogP contribution is -2.14. The third-order valence-electron chi connectivity index (χ3n) is 11.4. The predicted molar refractivity (Wildman–Crippen MR) is 177 cm³/mol. The molecule has 4 fully saturated rings. The lowest BCUT2D eigenvalue weighted by molar-refractivity contribution is 0.302. The first-order chi connectivity index (χ1) is 21.0. The second-order valence-electron chi connectivity index (χ2n) is 14.6. The summed E-state index contributed by atoms with van der Waals surface area (Å²) in [6.07, 6.45) is 22.7. The molecule has 6 rings (SSSR count). The highest BCUT2D eigenvalue weighted by Gasteiger charge is 2.41. The van der Waals surface area contributed by atoms with Gasteiger partial charge < -0.3 is 14.2 Å². The van der Waals surface area contributed by atoms with Gasteiger partial charge in [-0.2, -0.15) is 0 Å². The van der Waals surface area contributed by atoms with E-state index in [-0.39, 0.29) is 24.4 Å². The molecule has 2 aliphatic carbocycles. The minimum atomic E-state index is 0.145. The van der Waals surface area contributed by atoms with E-state index in [0.29, 0.717) is 11.8 Å². The van der Waals surface area contributed by atoms with Crippen LogP contribution in [0.4, 0.5) is 0 Å². The molecule has 0 N–H and O–H groups in total. The van der Waals surface area contributed by atoms with Crippen molar-refractivity contribution in [2.45, 2.75) is 167 Å². The molecule has 2 aliphatic heterocycles. The standard InChI is InChI=1S/C40H58O3/c1-5-7-9-11-29-13-17-31(18-14-29)33-21-23-37(35(25-33)39-27(3)41-39)43-38-24-22-34(26-36(38)40-28(4)42-40)32-19-15-30(16-20-32)12-10-8-6-2/h21-32,39-40H,5-20H2,1-4H3/t27-,28-,29?,30?,31?,32?,39+,40+/m0/s1. The molecular weight excluding hydrogens is 528 g/mol. The molecule has 0 unspecified atom stereocenters. The summed E-state index contributed by atoms with van der Waals surface area (Å²) in [4.78, 5) is 0. The lowest BCUT2D eigenvalue weighted by Gasteiger charge is -2.29. The molecular formula is C40H58O3. The van der Waals surface area contributed by atoms with Crippen molar-refractivity contribution >= 4 is 0 Å². The maximum Gasteiger partial charge on any atom is 0.133 e. The Kier molecular flexibility index (Phi) is 10.5. The van der Waals surface area contributed by atoms with Crippen LogP contribution in [-0.2, 0) is 9.47 Å². The van der Waals surface area contributed by atoms with Gasteiger partial charge in [0.2, 0.25) is 0 Å². The Morgan fingerprint density at radius 1 is 0.581 bits per heavy atom. The van der Waals surface area contributed by atoms with Gasteiger partial charge in [-0.3, -0.25) is 0 Å². The number of benzene rings is 2. The average Bonchev–Trinajstić information content (AvgIpc) is 3.96. The van der Waals surface area contributed by atoms with Crippen molar-refractivity contribution in [3.8, 4) is 11.5 Å². The van der Waals surface area contributed by atoms with Gasteiger partial charge in [-0.1, -0.05) is 77.3 Å². The summed E-state index contributed by atoms with van der Waals surface area (Å²) in [5, 5.41) is 0. The number of hydrogen-bond acceptors (Lipinski definition) is 3. The maximum absolute atomic E-state index is 6.81. The Morgan fingerprint density at radius 2 is 0.977 bits per heavy atom. The first-order valence-corrected chi connectivity index (χ1v) is 18.3. The van der Waals surface area contributed by atoms with Crippen LogP contribution in [0.5, 0.6) is 11.5 Å². The van der Waals surface area contributed by atoms with Crippen LogP contribution in [0.1, 0.15) is 177 Å². The molecule has 2 saturated heterocycles. The molecule has 236 valence electrons. The molecule has 43 heavy (non-hydrogen) atoms. The van der Waals surface area contributed by atoms with E-state index in [2.05, 4.69) is 64.1 Å². The van der Waals surface area contributed by atoms with Crippen molar-refractivity contribution in [1.29, 1.82) is 0 Å². The second kappa shape index (κ2) is 14.5. The van der Waals surface area contributed by atoms with E-state index in [9.17, 15) is 0 Å². The van der Waals surface area contributed by atoms with Gasteiger partial charge in [-0.15, -0.1) is 0 Å². The van der Waals surface area contributed by atoms with E-state index in [1.54, 1.807) is 0 Å². The Morgan fingerprint density at radius 3 is 1.33 bits per heavy atom. The van der Waals surface area contributed by atoms with E-state index >= 15 is 0 Å². The molecule has 0 aromatic heterocycles. The zero-order valence-corrected chi connectivity index (χ0v) is 27.6. The summed E-state index contributed by atoms with van der Waals surface area (Å²) in [7, 11) is 0. The first-order valence-electron chi connectivity index (χ1n) is 18.3. The third-order valence-corrected chi connectivity index (χ3v) is 11.4. The summed E-state index contributed by atoms with van der Waals surface area (Å²) in [5.41, 5.74) is 5.43. The van der Waals surface area contributed by atoms with Gasteiger partial charge in [0, 0.05) is 11.1 Å².